The van der Waals surface area contributed by atoms with Gasteiger partial charge in [0.1, 0.15) is 17.0 Å². The van der Waals surface area contributed by atoms with Crippen LogP contribution in [0.3, 0.4) is 0 Å². The SMILES string of the molecule is C=Cc1cc2c(N3CCN(C(=O)CCCCn4cc5ccccc5n4)CC3)ncnc2s1. The van der Waals surface area contributed by atoms with Gasteiger partial charge in [-0.2, -0.15) is 5.10 Å². The average Bonchev–Trinajstić information content (AvgIpc) is 3.45. The Kier molecular flexibility index (Phi) is 5.85. The molecule has 1 aliphatic heterocycles. The van der Waals surface area contributed by atoms with Crippen LogP contribution in [0.2, 0.25) is 0 Å². The van der Waals surface area contributed by atoms with Gasteiger partial charge in [0.2, 0.25) is 5.91 Å². The summed E-state index contributed by atoms with van der Waals surface area (Å²) in [5.74, 6) is 1.20. The van der Waals surface area contributed by atoms with E-state index in [-0.39, 0.29) is 5.91 Å². The van der Waals surface area contributed by atoms with Crippen LogP contribution in [0.15, 0.2) is 49.4 Å². The molecule has 4 heterocycles. The maximum atomic E-state index is 12.7. The molecule has 8 heteroatoms. The molecule has 1 aliphatic rings. The lowest BCUT2D eigenvalue weighted by Gasteiger charge is -2.35. The van der Waals surface area contributed by atoms with E-state index in [9.17, 15) is 4.79 Å². The molecule has 164 valence electrons. The summed E-state index contributed by atoms with van der Waals surface area (Å²) in [7, 11) is 0. The third-order valence-corrected chi connectivity index (χ3v) is 6.99. The molecular formula is C24H26N6OS. The van der Waals surface area contributed by atoms with Crippen molar-refractivity contribution in [3.05, 3.63) is 54.3 Å². The summed E-state index contributed by atoms with van der Waals surface area (Å²) in [5.41, 5.74) is 1.02. The maximum Gasteiger partial charge on any atom is 0.222 e. The minimum atomic E-state index is 0.243. The number of thiophene rings is 1. The van der Waals surface area contributed by atoms with E-state index in [1.165, 1.54) is 0 Å². The van der Waals surface area contributed by atoms with Gasteiger partial charge < -0.3 is 9.80 Å². The molecule has 0 bridgehead atoms. The summed E-state index contributed by atoms with van der Waals surface area (Å²) < 4.78 is 1.98. The van der Waals surface area contributed by atoms with Gasteiger partial charge in [0, 0.05) is 55.6 Å². The van der Waals surface area contributed by atoms with Crippen LogP contribution in [0.25, 0.3) is 27.2 Å². The molecule has 1 saturated heterocycles. The zero-order valence-electron chi connectivity index (χ0n) is 18.0. The number of hydrogen-bond donors (Lipinski definition) is 0. The summed E-state index contributed by atoms with van der Waals surface area (Å²) in [6.45, 7) is 7.73. The molecule has 0 N–H and O–H groups in total. The lowest BCUT2D eigenvalue weighted by atomic mass is 10.2. The highest BCUT2D eigenvalue weighted by atomic mass is 32.1. The highest BCUT2D eigenvalue weighted by Crippen LogP contribution is 2.31. The van der Waals surface area contributed by atoms with Crippen molar-refractivity contribution in [3.8, 4) is 0 Å². The van der Waals surface area contributed by atoms with E-state index in [1.54, 1.807) is 17.7 Å². The molecule has 7 nitrogen and oxygen atoms in total. The second-order valence-corrected chi connectivity index (χ2v) is 9.11. The smallest absolute Gasteiger partial charge is 0.222 e. The first-order valence-electron chi connectivity index (χ1n) is 11.0. The monoisotopic (exact) mass is 446 g/mol. The van der Waals surface area contributed by atoms with Crippen molar-refractivity contribution in [2.45, 2.75) is 25.8 Å². The minimum Gasteiger partial charge on any atom is -0.352 e. The summed E-state index contributed by atoms with van der Waals surface area (Å²) in [6.07, 6.45) is 7.96. The second-order valence-electron chi connectivity index (χ2n) is 8.04. The molecule has 1 fully saturated rings. The fourth-order valence-electron chi connectivity index (χ4n) is 4.22. The van der Waals surface area contributed by atoms with Crippen molar-refractivity contribution >= 4 is 50.3 Å². The van der Waals surface area contributed by atoms with E-state index in [4.69, 9.17) is 0 Å². The van der Waals surface area contributed by atoms with Gasteiger partial charge in [-0.15, -0.1) is 11.3 Å². The van der Waals surface area contributed by atoms with E-state index >= 15 is 0 Å². The number of anilines is 1. The van der Waals surface area contributed by atoms with E-state index < -0.39 is 0 Å². The number of carbonyl (C=O) groups is 1. The Labute approximate surface area is 191 Å². The third kappa shape index (κ3) is 4.23. The van der Waals surface area contributed by atoms with Gasteiger partial charge in [-0.3, -0.25) is 9.48 Å². The highest BCUT2D eigenvalue weighted by molar-refractivity contribution is 7.19. The Hall–Kier alpha value is -3.26. The third-order valence-electron chi connectivity index (χ3n) is 5.95. The van der Waals surface area contributed by atoms with Crippen LogP contribution in [0, 0.1) is 0 Å². The van der Waals surface area contributed by atoms with Gasteiger partial charge in [-0.25, -0.2) is 9.97 Å². The molecule has 5 rings (SSSR count). The molecule has 4 aromatic rings. The van der Waals surface area contributed by atoms with Crippen LogP contribution in [0.4, 0.5) is 5.82 Å². The van der Waals surface area contributed by atoms with Crippen molar-refractivity contribution in [3.63, 3.8) is 0 Å². The van der Waals surface area contributed by atoms with E-state index in [0.29, 0.717) is 6.42 Å². The van der Waals surface area contributed by atoms with Crippen molar-refractivity contribution in [2.24, 2.45) is 0 Å². The standard InChI is InChI=1S/C24H26N6OS/c1-2-19-15-20-23(25-17-26-24(20)32-19)29-13-11-28(12-14-29)22(31)9-5-6-10-30-16-18-7-3-4-8-21(18)27-30/h2-4,7-8,15-17H,1,5-6,9-14H2. The summed E-state index contributed by atoms with van der Waals surface area (Å²) in [5, 5.41) is 6.81. The van der Waals surface area contributed by atoms with Crippen LogP contribution >= 0.6 is 11.3 Å². The second kappa shape index (κ2) is 9.08. The van der Waals surface area contributed by atoms with Gasteiger partial charge in [0.25, 0.3) is 0 Å². The van der Waals surface area contributed by atoms with Crippen molar-refractivity contribution in [1.29, 1.82) is 0 Å². The molecule has 32 heavy (non-hydrogen) atoms. The van der Waals surface area contributed by atoms with Crippen molar-refractivity contribution in [2.75, 3.05) is 31.1 Å². The Morgan fingerprint density at radius 1 is 1.12 bits per heavy atom. The molecule has 0 atom stereocenters. The zero-order chi connectivity index (χ0) is 21.9. The Bertz CT molecular complexity index is 1220. The van der Waals surface area contributed by atoms with Gasteiger partial charge in [-0.05, 0) is 25.0 Å². The molecule has 0 aliphatic carbocycles. The number of aromatic nitrogens is 4. The van der Waals surface area contributed by atoms with Crippen LogP contribution in [-0.2, 0) is 11.3 Å². The molecular weight excluding hydrogens is 420 g/mol. The first kappa shape index (κ1) is 20.6. The molecule has 1 aromatic carbocycles. The number of unbranched alkanes of at least 4 members (excludes halogenated alkanes) is 1. The van der Waals surface area contributed by atoms with E-state index in [2.05, 4.69) is 44.9 Å². The van der Waals surface area contributed by atoms with Gasteiger partial charge in [-0.1, -0.05) is 30.9 Å². The zero-order valence-corrected chi connectivity index (χ0v) is 18.8. The predicted octanol–water partition coefficient (Wildman–Crippen LogP) is 4.20. The first-order valence-corrected chi connectivity index (χ1v) is 11.8. The number of nitrogens with zero attached hydrogens (tertiary/aromatic N) is 6. The summed E-state index contributed by atoms with van der Waals surface area (Å²) in [6, 6.07) is 10.2. The molecule has 0 unspecified atom stereocenters. The molecule has 0 radical (unpaired) electrons. The molecule has 3 aromatic heterocycles. The number of fused-ring (bicyclic) bond motifs is 2. The number of carbonyl (C=O) groups excluding carboxylic acids is 1. The number of aryl methyl sites for hydroxylation is 1. The van der Waals surface area contributed by atoms with Crippen molar-refractivity contribution < 1.29 is 4.79 Å². The maximum absolute atomic E-state index is 12.7. The van der Waals surface area contributed by atoms with Gasteiger partial charge in [0.05, 0.1) is 10.9 Å². The molecule has 0 spiro atoms. The Morgan fingerprint density at radius 2 is 1.97 bits per heavy atom. The van der Waals surface area contributed by atoms with E-state index in [0.717, 1.165) is 77.4 Å². The number of benzene rings is 1. The largest absolute Gasteiger partial charge is 0.352 e. The fourth-order valence-corrected chi connectivity index (χ4v) is 5.06. The highest BCUT2D eigenvalue weighted by Gasteiger charge is 2.23. The lowest BCUT2D eigenvalue weighted by molar-refractivity contribution is -0.131. The predicted molar refractivity (Wildman–Crippen MR) is 130 cm³/mol. The van der Waals surface area contributed by atoms with Crippen LogP contribution in [0.5, 0.6) is 0 Å². The summed E-state index contributed by atoms with van der Waals surface area (Å²) >= 11 is 1.62. The van der Waals surface area contributed by atoms with E-state index in [1.807, 2.05) is 33.9 Å². The Morgan fingerprint density at radius 3 is 2.78 bits per heavy atom. The molecule has 0 saturated carbocycles. The van der Waals surface area contributed by atoms with Crippen LogP contribution < -0.4 is 4.90 Å². The normalized spacial score (nSPS) is 14.4. The van der Waals surface area contributed by atoms with Gasteiger partial charge in [0.15, 0.2) is 0 Å². The Balaban J connectivity index is 1.11. The first-order chi connectivity index (χ1) is 15.7. The topological polar surface area (TPSA) is 67.2 Å². The van der Waals surface area contributed by atoms with Crippen molar-refractivity contribution in [1.82, 2.24) is 24.6 Å². The quantitative estimate of drug-likeness (QED) is 0.398. The number of rotatable bonds is 7. The summed E-state index contributed by atoms with van der Waals surface area (Å²) in [4.78, 5) is 27.9. The minimum absolute atomic E-state index is 0.243. The fraction of sp³-hybridized carbons (Fsp3) is 0.333. The van der Waals surface area contributed by atoms with Gasteiger partial charge >= 0.3 is 0 Å². The van der Waals surface area contributed by atoms with Crippen LogP contribution in [-0.4, -0.2) is 56.7 Å². The number of hydrogen-bond acceptors (Lipinski definition) is 6. The molecule has 1 amide bonds. The lowest BCUT2D eigenvalue weighted by Crippen LogP contribution is -2.49. The van der Waals surface area contributed by atoms with Crippen LogP contribution in [0.1, 0.15) is 24.1 Å². The average molecular weight is 447 g/mol. The number of amides is 1. The number of piperazine rings is 1.